The Morgan fingerprint density at radius 2 is 1.17 bits per heavy atom. The quantitative estimate of drug-likeness (QED) is 0.594. The third-order valence-electron chi connectivity index (χ3n) is 4.54. The van der Waals surface area contributed by atoms with Gasteiger partial charge in [0, 0.05) is 6.07 Å². The van der Waals surface area contributed by atoms with Gasteiger partial charge in [-0.15, -0.1) is 0 Å². The van der Waals surface area contributed by atoms with Crippen molar-refractivity contribution in [3.8, 4) is 45.6 Å². The lowest BCUT2D eigenvalue weighted by Crippen LogP contribution is -2.08. The maximum absolute atomic E-state index is 13.4. The maximum atomic E-state index is 13.4. The molecule has 0 saturated heterocycles. The van der Waals surface area contributed by atoms with Gasteiger partial charge in [0.2, 0.25) is 16.9 Å². The molecule has 0 aliphatic carbocycles. The molecule has 0 bridgehead atoms. The van der Waals surface area contributed by atoms with Crippen LogP contribution in [0.2, 0.25) is 0 Å². The minimum atomic E-state index is -0.307. The van der Waals surface area contributed by atoms with Gasteiger partial charge in [0.05, 0.1) is 48.2 Å². The molecule has 3 aromatic rings. The van der Waals surface area contributed by atoms with Crippen molar-refractivity contribution in [2.45, 2.75) is 0 Å². The third-order valence-corrected chi connectivity index (χ3v) is 4.54. The number of hydrogen-bond acceptors (Lipinski definition) is 8. The molecule has 0 saturated carbocycles. The Kier molecular flexibility index (Phi) is 5.72. The molecule has 8 nitrogen and oxygen atoms in total. The fourth-order valence-electron chi connectivity index (χ4n) is 3.19. The molecule has 0 spiro atoms. The highest BCUT2D eigenvalue weighted by Crippen LogP contribution is 2.44. The van der Waals surface area contributed by atoms with Crippen molar-refractivity contribution in [1.82, 2.24) is 0 Å². The van der Waals surface area contributed by atoms with Crippen molar-refractivity contribution in [3.05, 3.63) is 34.7 Å². The zero-order valence-corrected chi connectivity index (χ0v) is 17.1. The Balaban J connectivity index is 2.35. The normalized spacial score (nSPS) is 10.6. The van der Waals surface area contributed by atoms with Crippen molar-refractivity contribution >= 4 is 11.0 Å². The van der Waals surface area contributed by atoms with Gasteiger partial charge in [0.15, 0.2) is 23.0 Å². The van der Waals surface area contributed by atoms with E-state index in [-0.39, 0.29) is 16.6 Å². The minimum Gasteiger partial charge on any atom is -0.493 e. The second-order valence-corrected chi connectivity index (χ2v) is 5.91. The van der Waals surface area contributed by atoms with Crippen molar-refractivity contribution < 1.29 is 32.8 Å². The molecular weight excluding hydrogens is 380 g/mol. The van der Waals surface area contributed by atoms with Crippen LogP contribution in [0.5, 0.6) is 34.5 Å². The van der Waals surface area contributed by atoms with Crippen LogP contribution >= 0.6 is 0 Å². The van der Waals surface area contributed by atoms with Crippen LogP contribution in [0.1, 0.15) is 0 Å². The summed E-state index contributed by atoms with van der Waals surface area (Å²) >= 11 is 0. The molecule has 8 heteroatoms. The van der Waals surface area contributed by atoms with Crippen LogP contribution in [-0.2, 0) is 0 Å². The van der Waals surface area contributed by atoms with Crippen LogP contribution in [0, 0.1) is 0 Å². The molecule has 3 rings (SSSR count). The fourth-order valence-corrected chi connectivity index (χ4v) is 3.19. The van der Waals surface area contributed by atoms with Gasteiger partial charge in [-0.3, -0.25) is 4.79 Å². The van der Waals surface area contributed by atoms with Crippen molar-refractivity contribution in [1.29, 1.82) is 0 Å². The maximum Gasteiger partial charge on any atom is 0.204 e. The van der Waals surface area contributed by atoms with Gasteiger partial charge < -0.3 is 32.8 Å². The summed E-state index contributed by atoms with van der Waals surface area (Å²) in [4.78, 5) is 13.4. The van der Waals surface area contributed by atoms with Gasteiger partial charge in [-0.25, -0.2) is 0 Å². The van der Waals surface area contributed by atoms with Gasteiger partial charge in [0.25, 0.3) is 0 Å². The molecule has 1 aromatic heterocycles. The minimum absolute atomic E-state index is 0.227. The zero-order chi connectivity index (χ0) is 21.1. The predicted molar refractivity (Wildman–Crippen MR) is 107 cm³/mol. The molecule has 0 fully saturated rings. The number of benzene rings is 2. The van der Waals surface area contributed by atoms with E-state index in [9.17, 15) is 4.79 Å². The van der Waals surface area contributed by atoms with E-state index < -0.39 is 0 Å². The van der Waals surface area contributed by atoms with Crippen LogP contribution in [0.3, 0.4) is 0 Å². The predicted octanol–water partition coefficient (Wildman–Crippen LogP) is 3.51. The van der Waals surface area contributed by atoms with E-state index in [1.807, 2.05) is 0 Å². The summed E-state index contributed by atoms with van der Waals surface area (Å²) in [6.45, 7) is 0. The third kappa shape index (κ3) is 3.26. The summed E-state index contributed by atoms with van der Waals surface area (Å²) in [5.41, 5.74) is 0.827. The van der Waals surface area contributed by atoms with E-state index in [2.05, 4.69) is 0 Å². The lowest BCUT2D eigenvalue weighted by Gasteiger charge is -2.15. The van der Waals surface area contributed by atoms with Gasteiger partial charge in [-0.1, -0.05) is 0 Å². The lowest BCUT2D eigenvalue weighted by atomic mass is 10.0. The molecule has 0 aliphatic heterocycles. The topological polar surface area (TPSA) is 85.6 Å². The van der Waals surface area contributed by atoms with Crippen molar-refractivity contribution in [2.24, 2.45) is 0 Å². The number of rotatable bonds is 7. The lowest BCUT2D eigenvalue weighted by molar-refractivity contribution is 0.324. The van der Waals surface area contributed by atoms with Gasteiger partial charge in [0.1, 0.15) is 17.2 Å². The second-order valence-electron chi connectivity index (χ2n) is 5.91. The van der Waals surface area contributed by atoms with E-state index >= 15 is 0 Å². The van der Waals surface area contributed by atoms with Gasteiger partial charge in [-0.05, 0) is 17.7 Å². The average molecular weight is 402 g/mol. The Morgan fingerprint density at radius 3 is 1.66 bits per heavy atom. The molecule has 0 N–H and O–H groups in total. The molecule has 0 atom stereocenters. The first-order chi connectivity index (χ1) is 14.0. The van der Waals surface area contributed by atoms with E-state index in [0.29, 0.717) is 45.5 Å². The molecule has 0 amide bonds. The highest BCUT2D eigenvalue weighted by molar-refractivity contribution is 5.92. The fraction of sp³-hybridized carbons (Fsp3) is 0.286. The Labute approximate surface area is 167 Å². The molecule has 0 aliphatic rings. The number of methoxy groups -OCH3 is 6. The molecular formula is C21H22O8. The van der Waals surface area contributed by atoms with E-state index in [1.165, 1.54) is 48.9 Å². The first-order valence-corrected chi connectivity index (χ1v) is 8.59. The Morgan fingerprint density at radius 1 is 0.655 bits per heavy atom. The van der Waals surface area contributed by atoms with Crippen molar-refractivity contribution in [2.75, 3.05) is 42.7 Å². The summed E-state index contributed by atoms with van der Waals surface area (Å²) in [6.07, 6.45) is 1.37. The molecule has 154 valence electrons. The number of hydrogen-bond donors (Lipinski definition) is 0. The van der Waals surface area contributed by atoms with Crippen LogP contribution in [-0.4, -0.2) is 42.7 Å². The van der Waals surface area contributed by atoms with Crippen LogP contribution in [0.15, 0.2) is 33.7 Å². The van der Waals surface area contributed by atoms with Crippen LogP contribution in [0.4, 0.5) is 0 Å². The van der Waals surface area contributed by atoms with Crippen molar-refractivity contribution in [3.63, 3.8) is 0 Å². The molecule has 0 radical (unpaired) electrons. The number of fused-ring (bicyclic) bond motifs is 1. The summed E-state index contributed by atoms with van der Waals surface area (Å²) in [6, 6.07) is 4.93. The molecule has 1 heterocycles. The first kappa shape index (κ1) is 20.2. The zero-order valence-electron chi connectivity index (χ0n) is 17.1. The molecule has 0 unspecified atom stereocenters. The first-order valence-electron chi connectivity index (χ1n) is 8.59. The van der Waals surface area contributed by atoms with E-state index in [0.717, 1.165) is 0 Å². The molecule has 29 heavy (non-hydrogen) atoms. The van der Waals surface area contributed by atoms with Gasteiger partial charge >= 0.3 is 0 Å². The number of ether oxygens (including phenoxy) is 6. The highest BCUT2D eigenvalue weighted by atomic mass is 16.5. The van der Waals surface area contributed by atoms with Crippen LogP contribution < -0.4 is 33.8 Å². The monoisotopic (exact) mass is 402 g/mol. The second kappa shape index (κ2) is 8.22. The SMILES string of the molecule is COc1cc(-c2coc3cc(OC)c(OC)c(OC)c3c2=O)cc(OC)c1OC. The van der Waals surface area contributed by atoms with E-state index in [1.54, 1.807) is 18.2 Å². The standard InChI is InChI=1S/C21H22O8/c1-23-14-7-11(8-15(24-2)19(14)26-4)12-10-29-13-9-16(25-3)20(27-5)21(28-6)17(13)18(12)22/h7-10H,1-6H3. The largest absolute Gasteiger partial charge is 0.493 e. The Hall–Kier alpha value is -3.55. The summed E-state index contributed by atoms with van der Waals surface area (Å²) in [5, 5.41) is 0.233. The van der Waals surface area contributed by atoms with Gasteiger partial charge in [-0.2, -0.15) is 0 Å². The highest BCUT2D eigenvalue weighted by Gasteiger charge is 2.23. The van der Waals surface area contributed by atoms with Crippen LogP contribution in [0.25, 0.3) is 22.1 Å². The summed E-state index contributed by atoms with van der Waals surface area (Å²) < 4.78 is 38.0. The average Bonchev–Trinajstić information content (AvgIpc) is 2.76. The molecule has 2 aromatic carbocycles. The Bertz CT molecular complexity index is 1080. The van der Waals surface area contributed by atoms with E-state index in [4.69, 9.17) is 32.8 Å². The smallest absolute Gasteiger partial charge is 0.204 e. The summed E-state index contributed by atoms with van der Waals surface area (Å²) in [5.74, 6) is 2.18. The summed E-state index contributed by atoms with van der Waals surface area (Å²) in [7, 11) is 8.92.